The number of aliphatic hydroxyl groups is 1. The van der Waals surface area contributed by atoms with Gasteiger partial charge < -0.3 is 15.6 Å². The van der Waals surface area contributed by atoms with Crippen LogP contribution < -0.4 is 10.5 Å². The molecule has 0 saturated heterocycles. The average molecular weight is 225 g/mol. The first-order valence-corrected chi connectivity index (χ1v) is 5.33. The van der Waals surface area contributed by atoms with E-state index >= 15 is 0 Å². The molecule has 0 bridgehead atoms. The first kappa shape index (κ1) is 11.4. The quantitative estimate of drug-likeness (QED) is 0.813. The zero-order valence-corrected chi connectivity index (χ0v) is 9.24. The van der Waals surface area contributed by atoms with E-state index in [9.17, 15) is 9.50 Å². The van der Waals surface area contributed by atoms with Crippen molar-refractivity contribution in [2.45, 2.75) is 30.9 Å². The average Bonchev–Trinajstić information content (AvgIpc) is 2.15. The molecule has 4 heteroatoms. The van der Waals surface area contributed by atoms with E-state index in [1.165, 1.54) is 13.2 Å². The molecule has 88 valence electrons. The van der Waals surface area contributed by atoms with Crippen molar-refractivity contribution in [2.24, 2.45) is 5.73 Å². The molecule has 1 aromatic rings. The number of ether oxygens (including phenoxy) is 1. The van der Waals surface area contributed by atoms with Crippen LogP contribution in [0.3, 0.4) is 0 Å². The second-order valence-corrected chi connectivity index (χ2v) is 4.54. The van der Waals surface area contributed by atoms with Crippen LogP contribution >= 0.6 is 0 Å². The molecule has 0 atom stereocenters. The van der Waals surface area contributed by atoms with Gasteiger partial charge in [-0.1, -0.05) is 6.07 Å². The van der Waals surface area contributed by atoms with E-state index in [4.69, 9.17) is 10.5 Å². The summed E-state index contributed by atoms with van der Waals surface area (Å²) in [4.78, 5) is 0. The Morgan fingerprint density at radius 2 is 2.25 bits per heavy atom. The minimum atomic E-state index is -0.750. The van der Waals surface area contributed by atoms with Gasteiger partial charge in [0.1, 0.15) is 0 Å². The summed E-state index contributed by atoms with van der Waals surface area (Å²) in [6.45, 7) is 0. The van der Waals surface area contributed by atoms with Gasteiger partial charge in [0.25, 0.3) is 0 Å². The van der Waals surface area contributed by atoms with Crippen LogP contribution in [-0.4, -0.2) is 23.9 Å². The Labute approximate surface area is 94.0 Å². The summed E-state index contributed by atoms with van der Waals surface area (Å²) < 4.78 is 18.2. The second kappa shape index (κ2) is 4.03. The fourth-order valence-corrected chi connectivity index (χ4v) is 2.26. The normalized spacial score (nSPS) is 28.6. The number of methoxy groups -OCH3 is 1. The molecular formula is C12H16FNO2. The molecule has 0 spiro atoms. The molecule has 0 radical (unpaired) electrons. The largest absolute Gasteiger partial charge is 0.494 e. The van der Waals surface area contributed by atoms with Gasteiger partial charge in [-0.25, -0.2) is 4.39 Å². The van der Waals surface area contributed by atoms with Gasteiger partial charge >= 0.3 is 0 Å². The molecular weight excluding hydrogens is 209 g/mol. The maximum Gasteiger partial charge on any atom is 0.165 e. The zero-order chi connectivity index (χ0) is 11.8. The van der Waals surface area contributed by atoms with Gasteiger partial charge in [0.2, 0.25) is 0 Å². The summed E-state index contributed by atoms with van der Waals surface area (Å²) in [5.74, 6) is -0.173. The summed E-state index contributed by atoms with van der Waals surface area (Å²) in [5.41, 5.74) is 5.65. The van der Waals surface area contributed by atoms with Gasteiger partial charge in [0.05, 0.1) is 12.7 Å². The standard InChI is InChI=1S/C12H16FNO2/c1-16-11-3-2-8(4-10(11)13)5-12(15)6-9(14)7-12/h2-4,9,15H,5-7,14H2,1H3. The van der Waals surface area contributed by atoms with E-state index in [0.29, 0.717) is 19.3 Å². The monoisotopic (exact) mass is 225 g/mol. The molecule has 0 amide bonds. The van der Waals surface area contributed by atoms with Gasteiger partial charge in [-0.2, -0.15) is 0 Å². The predicted octanol–water partition coefficient (Wildman–Crippen LogP) is 1.23. The fourth-order valence-electron chi connectivity index (χ4n) is 2.26. The van der Waals surface area contributed by atoms with Crippen LogP contribution in [0.2, 0.25) is 0 Å². The lowest BCUT2D eigenvalue weighted by atomic mass is 9.73. The van der Waals surface area contributed by atoms with E-state index in [1.54, 1.807) is 12.1 Å². The number of rotatable bonds is 3. The lowest BCUT2D eigenvalue weighted by Gasteiger charge is -2.42. The summed E-state index contributed by atoms with van der Waals surface area (Å²) in [7, 11) is 1.43. The molecule has 1 aliphatic rings. The Kier molecular flexibility index (Phi) is 2.86. The molecule has 1 aromatic carbocycles. The number of benzene rings is 1. The van der Waals surface area contributed by atoms with Gasteiger partial charge in [-0.3, -0.25) is 0 Å². The maximum atomic E-state index is 13.4. The van der Waals surface area contributed by atoms with Crippen molar-refractivity contribution in [2.75, 3.05) is 7.11 Å². The van der Waals surface area contributed by atoms with Gasteiger partial charge in [0, 0.05) is 12.5 Å². The highest BCUT2D eigenvalue weighted by Crippen LogP contribution is 2.34. The van der Waals surface area contributed by atoms with E-state index in [1.807, 2.05) is 0 Å². The molecule has 0 unspecified atom stereocenters. The van der Waals surface area contributed by atoms with Crippen LogP contribution in [0, 0.1) is 5.82 Å². The minimum Gasteiger partial charge on any atom is -0.494 e. The Balaban J connectivity index is 2.08. The number of hydrogen-bond acceptors (Lipinski definition) is 3. The summed E-state index contributed by atoms with van der Waals surface area (Å²) in [5, 5.41) is 10.0. The highest BCUT2D eigenvalue weighted by molar-refractivity contribution is 5.30. The zero-order valence-electron chi connectivity index (χ0n) is 9.24. The summed E-state index contributed by atoms with van der Waals surface area (Å²) in [6, 6.07) is 4.82. The number of halogens is 1. The van der Waals surface area contributed by atoms with Crippen molar-refractivity contribution in [3.8, 4) is 5.75 Å². The molecule has 1 aliphatic carbocycles. The Morgan fingerprint density at radius 1 is 1.56 bits per heavy atom. The van der Waals surface area contributed by atoms with Crippen molar-refractivity contribution in [3.63, 3.8) is 0 Å². The lowest BCUT2D eigenvalue weighted by molar-refractivity contribution is -0.0455. The molecule has 3 N–H and O–H groups in total. The van der Waals surface area contributed by atoms with Crippen molar-refractivity contribution < 1.29 is 14.2 Å². The van der Waals surface area contributed by atoms with Crippen LogP contribution in [0.15, 0.2) is 18.2 Å². The highest BCUT2D eigenvalue weighted by Gasteiger charge is 2.40. The van der Waals surface area contributed by atoms with Crippen LogP contribution in [0.1, 0.15) is 18.4 Å². The van der Waals surface area contributed by atoms with Crippen molar-refractivity contribution in [1.82, 2.24) is 0 Å². The molecule has 0 aromatic heterocycles. The third-order valence-corrected chi connectivity index (χ3v) is 3.03. The minimum absolute atomic E-state index is 0.0769. The van der Waals surface area contributed by atoms with E-state index in [2.05, 4.69) is 0 Å². The van der Waals surface area contributed by atoms with E-state index < -0.39 is 11.4 Å². The fraction of sp³-hybridized carbons (Fsp3) is 0.500. The van der Waals surface area contributed by atoms with Crippen molar-refractivity contribution >= 4 is 0 Å². The molecule has 2 rings (SSSR count). The Bertz CT molecular complexity index is 389. The number of hydrogen-bond donors (Lipinski definition) is 2. The second-order valence-electron chi connectivity index (χ2n) is 4.54. The van der Waals surface area contributed by atoms with Crippen molar-refractivity contribution in [1.29, 1.82) is 0 Å². The Morgan fingerprint density at radius 3 is 2.75 bits per heavy atom. The predicted molar refractivity (Wildman–Crippen MR) is 58.8 cm³/mol. The SMILES string of the molecule is COc1ccc(CC2(O)CC(N)C2)cc1F. The summed E-state index contributed by atoms with van der Waals surface area (Å²) >= 11 is 0. The lowest BCUT2D eigenvalue weighted by Crippen LogP contribution is -2.52. The highest BCUT2D eigenvalue weighted by atomic mass is 19.1. The summed E-state index contributed by atoms with van der Waals surface area (Å²) in [6.07, 6.45) is 1.61. The van der Waals surface area contributed by atoms with Crippen LogP contribution in [0.25, 0.3) is 0 Å². The smallest absolute Gasteiger partial charge is 0.165 e. The third-order valence-electron chi connectivity index (χ3n) is 3.03. The van der Waals surface area contributed by atoms with Crippen LogP contribution in [0.4, 0.5) is 4.39 Å². The van der Waals surface area contributed by atoms with E-state index in [0.717, 1.165) is 5.56 Å². The first-order chi connectivity index (χ1) is 7.52. The van der Waals surface area contributed by atoms with Crippen molar-refractivity contribution in [3.05, 3.63) is 29.6 Å². The molecule has 16 heavy (non-hydrogen) atoms. The first-order valence-electron chi connectivity index (χ1n) is 5.33. The molecule has 1 saturated carbocycles. The number of nitrogens with two attached hydrogens (primary N) is 1. The van der Waals surface area contributed by atoms with Gasteiger partial charge in [0.15, 0.2) is 11.6 Å². The molecule has 3 nitrogen and oxygen atoms in total. The van der Waals surface area contributed by atoms with Gasteiger partial charge in [-0.05, 0) is 30.5 Å². The van der Waals surface area contributed by atoms with E-state index in [-0.39, 0.29) is 11.8 Å². The van der Waals surface area contributed by atoms with Crippen LogP contribution in [-0.2, 0) is 6.42 Å². The maximum absolute atomic E-state index is 13.4. The molecule has 0 heterocycles. The third kappa shape index (κ3) is 2.18. The topological polar surface area (TPSA) is 55.5 Å². The molecule has 1 fully saturated rings. The molecule has 0 aliphatic heterocycles. The Hall–Kier alpha value is -1.13. The van der Waals surface area contributed by atoms with Gasteiger partial charge in [-0.15, -0.1) is 0 Å². The van der Waals surface area contributed by atoms with Crippen LogP contribution in [0.5, 0.6) is 5.75 Å².